The van der Waals surface area contributed by atoms with Crippen molar-refractivity contribution in [3.63, 3.8) is 0 Å². The normalized spacial score (nSPS) is 10.9. The quantitative estimate of drug-likeness (QED) is 0.694. The van der Waals surface area contributed by atoms with Crippen LogP contribution in [0.25, 0.3) is 11.2 Å². The maximum Gasteiger partial charge on any atom is 0.339 e. The van der Waals surface area contributed by atoms with Crippen molar-refractivity contribution in [1.29, 1.82) is 0 Å². The molecule has 1 aromatic carbocycles. The summed E-state index contributed by atoms with van der Waals surface area (Å²) in [4.78, 5) is 20.2. The van der Waals surface area contributed by atoms with Crippen LogP contribution >= 0.6 is 0 Å². The van der Waals surface area contributed by atoms with Crippen LogP contribution in [-0.4, -0.2) is 27.1 Å². The standard InChI is InChI=1S/C16H13F2N3O2/c1-21-9-20-14-6-11(8-19-15(14)21)16(22)23-5-4-10-2-3-12(17)7-13(10)18/h2-3,6-9H,4-5H2,1H3. The molecule has 2 aromatic heterocycles. The number of pyridine rings is 1. The lowest BCUT2D eigenvalue weighted by Crippen LogP contribution is -2.09. The molecule has 23 heavy (non-hydrogen) atoms. The van der Waals surface area contributed by atoms with Gasteiger partial charge in [0.15, 0.2) is 5.65 Å². The van der Waals surface area contributed by atoms with E-state index in [1.807, 2.05) is 0 Å². The molecule has 0 fully saturated rings. The Balaban J connectivity index is 1.64. The predicted molar refractivity (Wildman–Crippen MR) is 78.9 cm³/mol. The van der Waals surface area contributed by atoms with Gasteiger partial charge >= 0.3 is 5.97 Å². The minimum absolute atomic E-state index is 0.0123. The number of carbonyl (C=O) groups is 1. The zero-order chi connectivity index (χ0) is 16.4. The molecule has 0 atom stereocenters. The van der Waals surface area contributed by atoms with E-state index < -0.39 is 17.6 Å². The second-order valence-corrected chi connectivity index (χ2v) is 5.04. The molecule has 0 saturated heterocycles. The van der Waals surface area contributed by atoms with Crippen LogP contribution in [0.15, 0.2) is 36.8 Å². The molecule has 2 heterocycles. The molecule has 118 valence electrons. The summed E-state index contributed by atoms with van der Waals surface area (Å²) in [7, 11) is 1.80. The van der Waals surface area contributed by atoms with Crippen LogP contribution in [0.5, 0.6) is 0 Å². The first kappa shape index (κ1) is 15.1. The number of carbonyl (C=O) groups excluding carboxylic acids is 1. The van der Waals surface area contributed by atoms with E-state index >= 15 is 0 Å². The van der Waals surface area contributed by atoms with Crippen molar-refractivity contribution in [2.75, 3.05) is 6.61 Å². The van der Waals surface area contributed by atoms with Gasteiger partial charge in [-0.3, -0.25) is 0 Å². The highest BCUT2D eigenvalue weighted by Crippen LogP contribution is 2.13. The number of ether oxygens (including phenoxy) is 1. The molecule has 0 radical (unpaired) electrons. The molecule has 0 spiro atoms. The molecule has 3 aromatic rings. The van der Waals surface area contributed by atoms with Crippen molar-refractivity contribution in [1.82, 2.24) is 14.5 Å². The van der Waals surface area contributed by atoms with Gasteiger partial charge in [0.05, 0.1) is 18.5 Å². The molecule has 7 heteroatoms. The van der Waals surface area contributed by atoms with Gasteiger partial charge < -0.3 is 9.30 Å². The van der Waals surface area contributed by atoms with Gasteiger partial charge in [0.1, 0.15) is 17.2 Å². The summed E-state index contributed by atoms with van der Waals surface area (Å²) in [5, 5.41) is 0. The molecular weight excluding hydrogens is 304 g/mol. The average Bonchev–Trinajstić information content (AvgIpc) is 2.90. The Morgan fingerprint density at radius 1 is 1.26 bits per heavy atom. The van der Waals surface area contributed by atoms with Crippen LogP contribution in [0.4, 0.5) is 8.78 Å². The molecule has 0 bridgehead atoms. The minimum atomic E-state index is -0.655. The van der Waals surface area contributed by atoms with Crippen LogP contribution < -0.4 is 0 Å². The van der Waals surface area contributed by atoms with E-state index in [9.17, 15) is 13.6 Å². The lowest BCUT2D eigenvalue weighted by Gasteiger charge is -2.06. The fourth-order valence-electron chi connectivity index (χ4n) is 2.19. The molecule has 5 nitrogen and oxygen atoms in total. The molecule has 0 saturated carbocycles. The lowest BCUT2D eigenvalue weighted by atomic mass is 10.1. The number of halogens is 2. The van der Waals surface area contributed by atoms with E-state index in [2.05, 4.69) is 9.97 Å². The Morgan fingerprint density at radius 2 is 2.09 bits per heavy atom. The number of aryl methyl sites for hydroxylation is 1. The summed E-state index contributed by atoms with van der Waals surface area (Å²) in [5.41, 5.74) is 1.81. The zero-order valence-electron chi connectivity index (χ0n) is 12.3. The third kappa shape index (κ3) is 3.18. The number of hydrogen-bond donors (Lipinski definition) is 0. The number of aromatic nitrogens is 3. The van der Waals surface area contributed by atoms with Gasteiger partial charge in [-0.2, -0.15) is 0 Å². The Hall–Kier alpha value is -2.83. The van der Waals surface area contributed by atoms with Gasteiger partial charge in [-0.1, -0.05) is 6.07 Å². The van der Waals surface area contributed by atoms with Crippen molar-refractivity contribution in [2.45, 2.75) is 6.42 Å². The maximum absolute atomic E-state index is 13.5. The summed E-state index contributed by atoms with van der Waals surface area (Å²) in [5.74, 6) is -1.86. The zero-order valence-corrected chi connectivity index (χ0v) is 12.3. The van der Waals surface area contributed by atoms with E-state index in [1.54, 1.807) is 24.0 Å². The SMILES string of the molecule is Cn1cnc2cc(C(=O)OCCc3ccc(F)cc3F)cnc21. The van der Waals surface area contributed by atoms with Crippen molar-refractivity contribution < 1.29 is 18.3 Å². The number of esters is 1. The molecule has 0 aliphatic heterocycles. The smallest absolute Gasteiger partial charge is 0.339 e. The topological polar surface area (TPSA) is 57.0 Å². The average molecular weight is 317 g/mol. The van der Waals surface area contributed by atoms with Crippen LogP contribution in [0, 0.1) is 11.6 Å². The molecular formula is C16H13F2N3O2. The number of nitrogens with zero attached hydrogens (tertiary/aromatic N) is 3. The molecule has 0 N–H and O–H groups in total. The largest absolute Gasteiger partial charge is 0.462 e. The third-order valence-corrected chi connectivity index (χ3v) is 3.41. The molecule has 3 rings (SSSR count). The Morgan fingerprint density at radius 3 is 2.87 bits per heavy atom. The summed E-state index contributed by atoms with van der Waals surface area (Å²) in [6.45, 7) is -0.0123. The maximum atomic E-state index is 13.5. The minimum Gasteiger partial charge on any atom is -0.462 e. The number of hydrogen-bond acceptors (Lipinski definition) is 4. The van der Waals surface area contributed by atoms with Crippen LogP contribution in [0.2, 0.25) is 0 Å². The summed E-state index contributed by atoms with van der Waals surface area (Å²) in [6.07, 6.45) is 3.17. The molecule has 0 unspecified atom stereocenters. The highest BCUT2D eigenvalue weighted by atomic mass is 19.1. The van der Waals surface area contributed by atoms with E-state index in [4.69, 9.17) is 4.74 Å². The van der Waals surface area contributed by atoms with Crippen molar-refractivity contribution >= 4 is 17.1 Å². The Bertz CT molecular complexity index is 877. The number of benzene rings is 1. The third-order valence-electron chi connectivity index (χ3n) is 3.41. The van der Waals surface area contributed by atoms with E-state index in [-0.39, 0.29) is 24.2 Å². The van der Waals surface area contributed by atoms with E-state index in [1.165, 1.54) is 18.3 Å². The first-order chi connectivity index (χ1) is 11.0. The van der Waals surface area contributed by atoms with E-state index in [0.717, 1.165) is 6.07 Å². The molecule has 0 aliphatic rings. The fraction of sp³-hybridized carbons (Fsp3) is 0.188. The van der Waals surface area contributed by atoms with Crippen molar-refractivity contribution in [3.05, 3.63) is 59.6 Å². The van der Waals surface area contributed by atoms with Gasteiger partial charge in [0, 0.05) is 25.7 Å². The number of rotatable bonds is 4. The van der Waals surface area contributed by atoms with Crippen LogP contribution in [-0.2, 0) is 18.2 Å². The van der Waals surface area contributed by atoms with Crippen molar-refractivity contribution in [2.24, 2.45) is 7.05 Å². The van der Waals surface area contributed by atoms with Gasteiger partial charge in [-0.15, -0.1) is 0 Å². The Kier molecular flexibility index (Phi) is 4.01. The Labute approximate surface area is 130 Å². The monoisotopic (exact) mass is 317 g/mol. The summed E-state index contributed by atoms with van der Waals surface area (Å²) >= 11 is 0. The van der Waals surface area contributed by atoms with Gasteiger partial charge in [0.2, 0.25) is 0 Å². The van der Waals surface area contributed by atoms with Gasteiger partial charge in [0.25, 0.3) is 0 Å². The van der Waals surface area contributed by atoms with Crippen molar-refractivity contribution in [3.8, 4) is 0 Å². The molecule has 0 amide bonds. The first-order valence-corrected chi connectivity index (χ1v) is 6.93. The number of fused-ring (bicyclic) bond motifs is 1. The number of imidazole rings is 1. The van der Waals surface area contributed by atoms with Gasteiger partial charge in [-0.05, 0) is 17.7 Å². The lowest BCUT2D eigenvalue weighted by molar-refractivity contribution is 0.0508. The second kappa shape index (κ2) is 6.12. The van der Waals surface area contributed by atoms with E-state index in [0.29, 0.717) is 11.2 Å². The highest BCUT2D eigenvalue weighted by molar-refractivity contribution is 5.92. The first-order valence-electron chi connectivity index (χ1n) is 6.93. The summed E-state index contributed by atoms with van der Waals surface area (Å²) < 4.78 is 33.1. The van der Waals surface area contributed by atoms with Gasteiger partial charge in [-0.25, -0.2) is 23.5 Å². The summed E-state index contributed by atoms with van der Waals surface area (Å²) in [6, 6.07) is 4.89. The second-order valence-electron chi connectivity index (χ2n) is 5.04. The predicted octanol–water partition coefficient (Wildman–Crippen LogP) is 2.65. The highest BCUT2D eigenvalue weighted by Gasteiger charge is 2.11. The fourth-order valence-corrected chi connectivity index (χ4v) is 2.19. The van der Waals surface area contributed by atoms with Crippen LogP contribution in [0.1, 0.15) is 15.9 Å². The van der Waals surface area contributed by atoms with Crippen LogP contribution in [0.3, 0.4) is 0 Å². The molecule has 0 aliphatic carbocycles.